The van der Waals surface area contributed by atoms with Crippen LogP contribution in [0.5, 0.6) is 5.75 Å². The fourth-order valence-corrected chi connectivity index (χ4v) is 4.36. The van der Waals surface area contributed by atoms with Gasteiger partial charge < -0.3 is 10.2 Å². The molecule has 0 radical (unpaired) electrons. The summed E-state index contributed by atoms with van der Waals surface area (Å²) >= 11 is 0. The molecular weight excluding hydrogens is 402 g/mol. The second-order valence-electron chi connectivity index (χ2n) is 9.46. The molecule has 4 aromatic rings. The molecule has 0 aliphatic rings. The van der Waals surface area contributed by atoms with Gasteiger partial charge in [0, 0.05) is 18.0 Å². The molecule has 1 aromatic carbocycles. The average Bonchev–Trinajstić information content (AvgIpc) is 3.09. The molecule has 7 heteroatoms. The topological polar surface area (TPSA) is 89.7 Å². The Morgan fingerprint density at radius 2 is 1.71 bits per heavy atom. The zero-order valence-electron chi connectivity index (χ0n) is 18.9. The van der Waals surface area contributed by atoms with Crippen molar-refractivity contribution in [1.82, 2.24) is 20.2 Å². The van der Waals surface area contributed by atoms with Gasteiger partial charge in [-0.1, -0.05) is 26.8 Å². The third-order valence-corrected chi connectivity index (χ3v) is 10.6. The zero-order valence-corrected chi connectivity index (χ0v) is 19.9. The molecule has 6 nitrogen and oxygen atoms in total. The predicted octanol–water partition coefficient (Wildman–Crippen LogP) is 5.96. The first-order valence-electron chi connectivity index (χ1n) is 10.4. The van der Waals surface area contributed by atoms with E-state index in [0.717, 1.165) is 39.1 Å². The summed E-state index contributed by atoms with van der Waals surface area (Å²) in [6.07, 6.45) is 3.53. The number of aromatic nitrogens is 4. The summed E-state index contributed by atoms with van der Waals surface area (Å²) in [4.78, 5) is 8.86. The Labute approximate surface area is 184 Å². The predicted molar refractivity (Wildman–Crippen MR) is 130 cm³/mol. The van der Waals surface area contributed by atoms with Crippen molar-refractivity contribution in [3.63, 3.8) is 0 Å². The van der Waals surface area contributed by atoms with Gasteiger partial charge in [-0.15, -0.1) is 0 Å². The van der Waals surface area contributed by atoms with E-state index in [1.165, 1.54) is 0 Å². The van der Waals surface area contributed by atoms with Crippen LogP contribution in [0.25, 0.3) is 33.4 Å². The highest BCUT2D eigenvalue weighted by atomic mass is 28.4. The maximum atomic E-state index is 6.58. The van der Waals surface area contributed by atoms with E-state index < -0.39 is 8.32 Å². The molecule has 0 fully saturated rings. The van der Waals surface area contributed by atoms with Crippen molar-refractivity contribution in [1.29, 1.82) is 0 Å². The Kier molecular flexibility index (Phi) is 5.09. The normalized spacial score (nSPS) is 12.3. The van der Waals surface area contributed by atoms with Gasteiger partial charge in [0.1, 0.15) is 5.75 Å². The van der Waals surface area contributed by atoms with Crippen molar-refractivity contribution in [2.45, 2.75) is 45.8 Å². The summed E-state index contributed by atoms with van der Waals surface area (Å²) in [5.41, 5.74) is 11.9. The highest BCUT2D eigenvalue weighted by molar-refractivity contribution is 6.74. The number of nitrogens with zero attached hydrogens (tertiary/aromatic N) is 3. The Bertz CT molecular complexity index is 1240. The molecule has 3 N–H and O–H groups in total. The number of nitrogens with two attached hydrogens (primary N) is 1. The molecule has 3 aromatic heterocycles. The number of benzene rings is 1. The van der Waals surface area contributed by atoms with Gasteiger partial charge in [-0.25, -0.2) is 4.98 Å². The van der Waals surface area contributed by atoms with Crippen molar-refractivity contribution >= 4 is 25.2 Å². The lowest BCUT2D eigenvalue weighted by atomic mass is 9.96. The van der Waals surface area contributed by atoms with Gasteiger partial charge in [-0.05, 0) is 72.1 Å². The van der Waals surface area contributed by atoms with E-state index in [9.17, 15) is 0 Å². The van der Waals surface area contributed by atoms with E-state index in [0.29, 0.717) is 11.5 Å². The second-order valence-corrected chi connectivity index (χ2v) is 14.2. The van der Waals surface area contributed by atoms with Gasteiger partial charge in [0.25, 0.3) is 0 Å². The van der Waals surface area contributed by atoms with E-state index in [1.807, 2.05) is 12.1 Å². The highest BCUT2D eigenvalue weighted by Crippen LogP contribution is 2.40. The fourth-order valence-electron chi connectivity index (χ4n) is 3.34. The summed E-state index contributed by atoms with van der Waals surface area (Å²) < 4.78 is 6.58. The first-order valence-corrected chi connectivity index (χ1v) is 13.3. The van der Waals surface area contributed by atoms with Crippen molar-refractivity contribution in [3.8, 4) is 28.1 Å². The largest absolute Gasteiger partial charge is 0.543 e. The fraction of sp³-hybridized carbons (Fsp3) is 0.292. The monoisotopic (exact) mass is 431 g/mol. The molecule has 0 unspecified atom stereocenters. The van der Waals surface area contributed by atoms with Crippen LogP contribution in [0.1, 0.15) is 26.3 Å². The Hall–Kier alpha value is -3.19. The minimum atomic E-state index is -1.96. The molecule has 31 heavy (non-hydrogen) atoms. The van der Waals surface area contributed by atoms with Crippen LogP contribution in [-0.2, 0) is 0 Å². The van der Waals surface area contributed by atoms with E-state index in [4.69, 9.17) is 15.1 Å². The minimum absolute atomic E-state index is 0.117. The van der Waals surface area contributed by atoms with Crippen molar-refractivity contribution in [2.24, 2.45) is 0 Å². The van der Waals surface area contributed by atoms with E-state index in [-0.39, 0.29) is 5.04 Å². The van der Waals surface area contributed by atoms with Crippen molar-refractivity contribution in [3.05, 3.63) is 54.4 Å². The van der Waals surface area contributed by atoms with Gasteiger partial charge in [0.05, 0.1) is 11.1 Å². The Morgan fingerprint density at radius 3 is 2.39 bits per heavy atom. The number of aromatic amines is 1. The molecule has 3 heterocycles. The van der Waals surface area contributed by atoms with Crippen LogP contribution >= 0.6 is 0 Å². The molecule has 0 amide bonds. The smallest absolute Gasteiger partial charge is 0.250 e. The first-order chi connectivity index (χ1) is 14.6. The molecule has 0 aliphatic carbocycles. The van der Waals surface area contributed by atoms with Gasteiger partial charge in [-0.3, -0.25) is 10.1 Å². The molecule has 160 valence electrons. The summed E-state index contributed by atoms with van der Waals surface area (Å²) in [5, 5.41) is 8.13. The third-order valence-electron chi connectivity index (χ3n) is 6.21. The van der Waals surface area contributed by atoms with Crippen LogP contribution in [0.2, 0.25) is 18.1 Å². The van der Waals surface area contributed by atoms with E-state index in [2.05, 4.69) is 80.2 Å². The Balaban J connectivity index is 1.89. The number of nitrogen functional groups attached to an aromatic ring is 1. The number of fused-ring (bicyclic) bond motifs is 1. The molecule has 0 saturated heterocycles. The van der Waals surface area contributed by atoms with Gasteiger partial charge >= 0.3 is 0 Å². The first kappa shape index (κ1) is 21.1. The number of hydrogen-bond donors (Lipinski definition) is 2. The van der Waals surface area contributed by atoms with Gasteiger partial charge in [0.2, 0.25) is 8.32 Å². The van der Waals surface area contributed by atoms with Gasteiger partial charge in [0.15, 0.2) is 11.5 Å². The number of rotatable bonds is 4. The quantitative estimate of drug-likeness (QED) is 0.389. The number of H-pyrrole nitrogens is 1. The molecule has 0 aliphatic heterocycles. The lowest BCUT2D eigenvalue weighted by Gasteiger charge is -2.36. The summed E-state index contributed by atoms with van der Waals surface area (Å²) in [6.45, 7) is 13.3. The zero-order chi connectivity index (χ0) is 22.4. The molecular formula is C24H29N5OSi. The molecule has 0 spiro atoms. The molecule has 0 saturated carbocycles. The number of aryl methyl sites for hydroxylation is 1. The maximum absolute atomic E-state index is 6.58. The van der Waals surface area contributed by atoms with E-state index >= 15 is 0 Å². The highest BCUT2D eigenvalue weighted by Gasteiger charge is 2.39. The van der Waals surface area contributed by atoms with Crippen LogP contribution in [-0.4, -0.2) is 28.5 Å². The third kappa shape index (κ3) is 3.93. The number of anilines is 1. The lowest BCUT2D eigenvalue weighted by Crippen LogP contribution is -2.43. The van der Waals surface area contributed by atoms with Crippen LogP contribution in [0.4, 0.5) is 5.82 Å². The average molecular weight is 432 g/mol. The molecule has 4 rings (SSSR count). The second kappa shape index (κ2) is 7.49. The summed E-state index contributed by atoms with van der Waals surface area (Å²) in [7, 11) is -1.96. The maximum Gasteiger partial charge on any atom is 0.250 e. The summed E-state index contributed by atoms with van der Waals surface area (Å²) in [5.74, 6) is 1.32. The minimum Gasteiger partial charge on any atom is -0.543 e. The SMILES string of the molecule is Cc1ccc(O[Si](C)(C)C(C)(C)C)cc1-c1cc(-c2ccncc2)nc2[nH]nc(N)c12. The molecule has 0 atom stereocenters. The molecule has 0 bridgehead atoms. The van der Waals surface area contributed by atoms with Crippen molar-refractivity contribution < 1.29 is 4.43 Å². The lowest BCUT2D eigenvalue weighted by molar-refractivity contribution is 0.492. The van der Waals surface area contributed by atoms with E-state index in [1.54, 1.807) is 12.4 Å². The number of nitrogens with one attached hydrogen (secondary N) is 1. The Morgan fingerprint density at radius 1 is 1.00 bits per heavy atom. The van der Waals surface area contributed by atoms with Gasteiger partial charge in [-0.2, -0.15) is 5.10 Å². The standard InChI is InChI=1S/C24H29N5OSi/c1-15-7-8-17(30-31(5,6)24(2,3)4)13-18(15)19-14-20(16-9-11-26-12-10-16)27-23-21(19)22(25)28-29-23/h7-14H,1-6H3,(H3,25,27,28,29). The van der Waals surface area contributed by atoms with Crippen LogP contribution in [0.3, 0.4) is 0 Å². The van der Waals surface area contributed by atoms with Crippen LogP contribution < -0.4 is 10.2 Å². The number of hydrogen-bond acceptors (Lipinski definition) is 5. The van der Waals surface area contributed by atoms with Crippen molar-refractivity contribution in [2.75, 3.05) is 5.73 Å². The van der Waals surface area contributed by atoms with Crippen LogP contribution in [0.15, 0.2) is 48.8 Å². The van der Waals surface area contributed by atoms with Crippen LogP contribution in [0, 0.1) is 6.92 Å². The summed E-state index contributed by atoms with van der Waals surface area (Å²) in [6, 6.07) is 12.2. The number of pyridine rings is 2.